The van der Waals surface area contributed by atoms with Crippen molar-refractivity contribution in [1.29, 1.82) is 0 Å². The summed E-state index contributed by atoms with van der Waals surface area (Å²) in [5.41, 5.74) is 2.63. The average Bonchev–Trinajstić information content (AvgIpc) is 2.68. The number of hydrogen-bond donors (Lipinski definition) is 0. The summed E-state index contributed by atoms with van der Waals surface area (Å²) in [6, 6.07) is 34.0. The van der Waals surface area contributed by atoms with Crippen molar-refractivity contribution in [1.82, 2.24) is 0 Å². The lowest BCUT2D eigenvalue weighted by Gasteiger charge is -2.30. The van der Waals surface area contributed by atoms with Gasteiger partial charge in [-0.1, -0.05) is 109 Å². The summed E-state index contributed by atoms with van der Waals surface area (Å²) < 4.78 is 0. The molecule has 0 aliphatic carbocycles. The van der Waals surface area contributed by atoms with E-state index in [4.69, 9.17) is 0 Å². The molecule has 0 aromatic heterocycles. The molecular weight excluding hydrogens is 328 g/mol. The second-order valence-electron chi connectivity index (χ2n) is 7.42. The monoisotopic (exact) mass is 352 g/mol. The third-order valence-electron chi connectivity index (χ3n) is 5.58. The highest BCUT2D eigenvalue weighted by Crippen LogP contribution is 2.15. The summed E-state index contributed by atoms with van der Waals surface area (Å²) in [6.45, 7) is 6.79. The molecule has 4 rings (SSSR count). The third kappa shape index (κ3) is 2.89. The molecule has 0 fully saturated rings. The van der Waals surface area contributed by atoms with Gasteiger partial charge in [-0.15, -0.1) is 0 Å². The summed E-state index contributed by atoms with van der Waals surface area (Å²) in [7, 11) is -2.04. The maximum atomic E-state index is 2.48. The number of benzene rings is 4. The van der Waals surface area contributed by atoms with Gasteiger partial charge in [0, 0.05) is 0 Å². The first-order valence-corrected chi connectivity index (χ1v) is 11.7. The predicted octanol–water partition coefficient (Wildman–Crippen LogP) is 4.56. The van der Waals surface area contributed by atoms with Gasteiger partial charge in [0.25, 0.3) is 0 Å². The van der Waals surface area contributed by atoms with Crippen molar-refractivity contribution in [2.24, 2.45) is 0 Å². The fourth-order valence-electron chi connectivity index (χ4n) is 3.77. The molecule has 0 saturated heterocycles. The van der Waals surface area contributed by atoms with Crippen LogP contribution in [0.3, 0.4) is 0 Å². The van der Waals surface area contributed by atoms with Gasteiger partial charge in [-0.05, 0) is 40.2 Å². The Morgan fingerprint density at radius 1 is 0.500 bits per heavy atom. The Morgan fingerprint density at radius 3 is 1.50 bits per heavy atom. The SMILES string of the molecule is Cc1ccc([Si](C)(c2ccc(C)cc2)c2ccc3ccccc3c2)cc1. The molecule has 0 nitrogen and oxygen atoms in total. The van der Waals surface area contributed by atoms with Crippen LogP contribution in [-0.4, -0.2) is 8.07 Å². The number of fused-ring (bicyclic) bond motifs is 1. The lowest BCUT2D eigenvalue weighted by Crippen LogP contribution is -2.64. The Balaban J connectivity index is 1.97. The van der Waals surface area contributed by atoms with Gasteiger partial charge < -0.3 is 0 Å². The van der Waals surface area contributed by atoms with Crippen LogP contribution in [0, 0.1) is 13.8 Å². The highest BCUT2D eigenvalue weighted by atomic mass is 28.3. The lowest BCUT2D eigenvalue weighted by molar-refractivity contribution is 1.48. The van der Waals surface area contributed by atoms with Crippen LogP contribution in [0.15, 0.2) is 91.0 Å². The molecule has 0 aliphatic rings. The van der Waals surface area contributed by atoms with Crippen molar-refractivity contribution in [3.63, 3.8) is 0 Å². The number of aryl methyl sites for hydroxylation is 2. The molecule has 0 bridgehead atoms. The summed E-state index contributed by atoms with van der Waals surface area (Å²) in [5, 5.41) is 7.01. The fraction of sp³-hybridized carbons (Fsp3) is 0.120. The minimum atomic E-state index is -2.04. The standard InChI is InChI=1S/C25H24Si/c1-19-8-13-23(14-9-19)26(3,24-15-10-20(2)11-16-24)25-17-12-21-6-4-5-7-22(21)18-25/h4-18H,1-3H3. The molecule has 26 heavy (non-hydrogen) atoms. The quantitative estimate of drug-likeness (QED) is 0.375. The zero-order valence-electron chi connectivity index (χ0n) is 15.7. The highest BCUT2D eigenvalue weighted by Gasteiger charge is 2.34. The topological polar surface area (TPSA) is 0 Å². The molecule has 0 N–H and O–H groups in total. The normalized spacial score (nSPS) is 11.7. The molecule has 4 aromatic rings. The maximum Gasteiger partial charge on any atom is 0.145 e. The molecule has 0 unspecified atom stereocenters. The van der Waals surface area contributed by atoms with Gasteiger partial charge in [0.15, 0.2) is 0 Å². The van der Waals surface area contributed by atoms with Gasteiger partial charge >= 0.3 is 0 Å². The Labute approximate surface area is 157 Å². The van der Waals surface area contributed by atoms with Crippen LogP contribution < -0.4 is 15.6 Å². The summed E-state index contributed by atoms with van der Waals surface area (Å²) in [4.78, 5) is 0. The molecule has 0 radical (unpaired) electrons. The first kappa shape index (κ1) is 16.8. The van der Waals surface area contributed by atoms with Gasteiger partial charge in [-0.25, -0.2) is 0 Å². The summed E-state index contributed by atoms with van der Waals surface area (Å²) in [5.74, 6) is 0. The maximum absolute atomic E-state index is 2.48. The van der Waals surface area contributed by atoms with Crippen LogP contribution in [0.25, 0.3) is 10.8 Å². The highest BCUT2D eigenvalue weighted by molar-refractivity contribution is 7.10. The van der Waals surface area contributed by atoms with E-state index in [9.17, 15) is 0 Å². The van der Waals surface area contributed by atoms with Gasteiger partial charge in [0.1, 0.15) is 8.07 Å². The number of hydrogen-bond acceptors (Lipinski definition) is 0. The fourth-order valence-corrected chi connectivity index (χ4v) is 7.30. The van der Waals surface area contributed by atoms with E-state index in [2.05, 4.69) is 111 Å². The van der Waals surface area contributed by atoms with Crippen LogP contribution in [0.4, 0.5) is 0 Å². The van der Waals surface area contributed by atoms with Crippen LogP contribution in [0.1, 0.15) is 11.1 Å². The van der Waals surface area contributed by atoms with Gasteiger partial charge in [-0.2, -0.15) is 0 Å². The van der Waals surface area contributed by atoms with Crippen molar-refractivity contribution < 1.29 is 0 Å². The van der Waals surface area contributed by atoms with Crippen molar-refractivity contribution in [2.75, 3.05) is 0 Å². The van der Waals surface area contributed by atoms with E-state index in [1.54, 1.807) is 0 Å². The van der Waals surface area contributed by atoms with Crippen LogP contribution in [0.5, 0.6) is 0 Å². The average molecular weight is 353 g/mol. The van der Waals surface area contributed by atoms with E-state index in [0.717, 1.165) is 0 Å². The smallest absolute Gasteiger partial charge is 0.0620 e. The Bertz CT molecular complexity index is 998. The molecule has 0 saturated carbocycles. The summed E-state index contributed by atoms with van der Waals surface area (Å²) >= 11 is 0. The molecule has 0 heterocycles. The first-order chi connectivity index (χ1) is 12.6. The zero-order chi connectivity index (χ0) is 18.1. The number of rotatable bonds is 3. The van der Waals surface area contributed by atoms with E-state index in [1.165, 1.54) is 37.5 Å². The Hall–Kier alpha value is -2.64. The Kier molecular flexibility index (Phi) is 4.26. The van der Waals surface area contributed by atoms with E-state index in [0.29, 0.717) is 0 Å². The molecule has 4 aromatic carbocycles. The minimum Gasteiger partial charge on any atom is -0.0620 e. The van der Waals surface area contributed by atoms with Crippen LogP contribution >= 0.6 is 0 Å². The minimum absolute atomic E-state index is 1.31. The molecule has 0 atom stereocenters. The van der Waals surface area contributed by atoms with Crippen molar-refractivity contribution in [3.8, 4) is 0 Å². The Morgan fingerprint density at radius 2 is 0.962 bits per heavy atom. The van der Waals surface area contributed by atoms with E-state index in [1.807, 2.05) is 0 Å². The first-order valence-electron chi connectivity index (χ1n) is 9.21. The summed E-state index contributed by atoms with van der Waals surface area (Å²) in [6.07, 6.45) is 0. The molecule has 128 valence electrons. The predicted molar refractivity (Wildman–Crippen MR) is 117 cm³/mol. The van der Waals surface area contributed by atoms with Crippen LogP contribution in [0.2, 0.25) is 6.55 Å². The van der Waals surface area contributed by atoms with E-state index < -0.39 is 8.07 Å². The van der Waals surface area contributed by atoms with Gasteiger partial charge in [0.05, 0.1) is 0 Å². The third-order valence-corrected chi connectivity index (χ3v) is 10.0. The molecule has 0 spiro atoms. The lowest BCUT2D eigenvalue weighted by atomic mass is 10.1. The van der Waals surface area contributed by atoms with E-state index >= 15 is 0 Å². The zero-order valence-corrected chi connectivity index (χ0v) is 16.7. The largest absolute Gasteiger partial charge is 0.145 e. The second kappa shape index (κ2) is 6.58. The van der Waals surface area contributed by atoms with Crippen molar-refractivity contribution in [3.05, 3.63) is 102 Å². The van der Waals surface area contributed by atoms with Gasteiger partial charge in [0.2, 0.25) is 0 Å². The molecule has 0 aliphatic heterocycles. The van der Waals surface area contributed by atoms with Gasteiger partial charge in [-0.3, -0.25) is 0 Å². The molecule has 1 heteroatoms. The second-order valence-corrected chi connectivity index (χ2v) is 11.4. The molecule has 0 amide bonds. The van der Waals surface area contributed by atoms with Crippen LogP contribution in [-0.2, 0) is 0 Å². The van der Waals surface area contributed by atoms with Crippen molar-refractivity contribution >= 4 is 34.4 Å². The molecular formula is C25H24Si. The van der Waals surface area contributed by atoms with E-state index in [-0.39, 0.29) is 0 Å². The van der Waals surface area contributed by atoms with Crippen molar-refractivity contribution in [2.45, 2.75) is 20.4 Å².